The molecule has 4 rings (SSSR count). The standard InChI is InChI=1S/C40H52N8O7/c1-9-13-27(32(50)35(52)42-21-28(49)45-30(36(53)47(7)8)24-14-11-10-12-15-24)44-34(51)31-29-26(40(29,5)6)22-48(31)37(54)33(39(2,3)4)46-38(55)43-25-18-16-23(20-41)17-19-25/h10-12,14-19,26-27,29-31,33H,9,13,21-22H2,1-8H3,(H,42,52)(H,44,51)(H,45,49)(H2,43,46,55)/t26-,27?,29-,30-,31-,33+/m0/s1. The molecule has 2 fully saturated rings. The summed E-state index contributed by atoms with van der Waals surface area (Å²) in [5, 5.41) is 22.2. The molecular weight excluding hydrogens is 704 g/mol. The first kappa shape index (κ1) is 42.0. The summed E-state index contributed by atoms with van der Waals surface area (Å²) in [4.78, 5) is 96.5. The van der Waals surface area contributed by atoms with E-state index in [2.05, 4.69) is 26.6 Å². The largest absolute Gasteiger partial charge is 0.347 e. The number of urea groups is 1. The van der Waals surface area contributed by atoms with Crippen LogP contribution in [0.4, 0.5) is 10.5 Å². The first-order chi connectivity index (χ1) is 25.8. The Morgan fingerprint density at radius 2 is 1.58 bits per heavy atom. The lowest BCUT2D eigenvalue weighted by Crippen LogP contribution is -2.61. The predicted octanol–water partition coefficient (Wildman–Crippen LogP) is 2.49. The Labute approximate surface area is 321 Å². The van der Waals surface area contributed by atoms with E-state index in [9.17, 15) is 33.6 Å². The second-order valence-corrected chi connectivity index (χ2v) is 16.0. The number of piperidine rings is 1. The fourth-order valence-electron chi connectivity index (χ4n) is 7.18. The number of amides is 7. The van der Waals surface area contributed by atoms with Gasteiger partial charge in [-0.25, -0.2) is 4.79 Å². The number of carbonyl (C=O) groups is 7. The third-order valence-electron chi connectivity index (χ3n) is 10.4. The van der Waals surface area contributed by atoms with Crippen LogP contribution in [0.15, 0.2) is 54.6 Å². The minimum atomic E-state index is -1.24. The van der Waals surface area contributed by atoms with Gasteiger partial charge in [-0.15, -0.1) is 0 Å². The summed E-state index contributed by atoms with van der Waals surface area (Å²) < 4.78 is 0. The van der Waals surface area contributed by atoms with Gasteiger partial charge in [-0.2, -0.15) is 5.26 Å². The monoisotopic (exact) mass is 756 g/mol. The molecule has 0 spiro atoms. The number of hydrogen-bond acceptors (Lipinski definition) is 8. The van der Waals surface area contributed by atoms with E-state index >= 15 is 0 Å². The highest BCUT2D eigenvalue weighted by Crippen LogP contribution is 2.65. The molecule has 0 radical (unpaired) electrons. The van der Waals surface area contributed by atoms with E-state index in [1.165, 1.54) is 9.80 Å². The molecule has 0 aromatic heterocycles. The number of nitriles is 1. The molecule has 1 unspecified atom stereocenters. The highest BCUT2D eigenvalue weighted by atomic mass is 16.2. The maximum Gasteiger partial charge on any atom is 0.319 e. The van der Waals surface area contributed by atoms with Gasteiger partial charge < -0.3 is 36.4 Å². The number of ketones is 1. The van der Waals surface area contributed by atoms with E-state index in [0.717, 1.165) is 0 Å². The first-order valence-electron chi connectivity index (χ1n) is 18.4. The van der Waals surface area contributed by atoms with Crippen molar-refractivity contribution in [2.24, 2.45) is 22.7 Å². The fraction of sp³-hybridized carbons (Fsp3) is 0.500. The van der Waals surface area contributed by atoms with E-state index in [1.807, 2.05) is 19.9 Å². The lowest BCUT2D eigenvalue weighted by Gasteiger charge is -2.38. The van der Waals surface area contributed by atoms with Crippen molar-refractivity contribution < 1.29 is 33.6 Å². The van der Waals surface area contributed by atoms with Gasteiger partial charge in [-0.3, -0.25) is 28.8 Å². The van der Waals surface area contributed by atoms with Crippen molar-refractivity contribution in [2.75, 3.05) is 32.5 Å². The zero-order valence-electron chi connectivity index (χ0n) is 32.7. The number of benzene rings is 2. The van der Waals surface area contributed by atoms with E-state index in [4.69, 9.17) is 5.26 Å². The van der Waals surface area contributed by atoms with Gasteiger partial charge in [0.05, 0.1) is 24.2 Å². The van der Waals surface area contributed by atoms with Gasteiger partial charge in [0.25, 0.3) is 5.91 Å². The van der Waals surface area contributed by atoms with Crippen molar-refractivity contribution in [3.05, 3.63) is 65.7 Å². The number of rotatable bonds is 14. The molecule has 0 bridgehead atoms. The van der Waals surface area contributed by atoms with E-state index in [0.29, 0.717) is 23.2 Å². The Morgan fingerprint density at radius 3 is 2.15 bits per heavy atom. The number of fused-ring (bicyclic) bond motifs is 1. The Kier molecular flexibility index (Phi) is 13.1. The van der Waals surface area contributed by atoms with Gasteiger partial charge in [-0.1, -0.05) is 78.3 Å². The number of anilines is 1. The quantitative estimate of drug-likeness (QED) is 0.181. The van der Waals surface area contributed by atoms with Crippen LogP contribution in [0.1, 0.15) is 71.6 Å². The molecule has 5 N–H and O–H groups in total. The molecule has 6 atom stereocenters. The van der Waals surface area contributed by atoms with Crippen LogP contribution in [-0.2, 0) is 28.8 Å². The number of likely N-dealkylation sites (N-methyl/N-ethyl adjacent to an activating group) is 1. The van der Waals surface area contributed by atoms with E-state index < -0.39 is 71.6 Å². The maximum atomic E-state index is 14.3. The second kappa shape index (κ2) is 17.1. The smallest absolute Gasteiger partial charge is 0.319 e. The first-order valence-corrected chi connectivity index (χ1v) is 18.4. The van der Waals surface area contributed by atoms with Crippen LogP contribution < -0.4 is 26.6 Å². The zero-order valence-corrected chi connectivity index (χ0v) is 32.7. The van der Waals surface area contributed by atoms with Crippen LogP contribution >= 0.6 is 0 Å². The molecule has 1 saturated carbocycles. The van der Waals surface area contributed by atoms with Gasteiger partial charge >= 0.3 is 6.03 Å². The molecule has 1 heterocycles. The summed E-state index contributed by atoms with van der Waals surface area (Å²) in [5.41, 5.74) is 0.349. The number of hydrogen-bond donors (Lipinski definition) is 5. The van der Waals surface area contributed by atoms with Crippen LogP contribution in [0, 0.1) is 34.0 Å². The van der Waals surface area contributed by atoms with Crippen LogP contribution in [0.25, 0.3) is 0 Å². The van der Waals surface area contributed by atoms with E-state index in [1.54, 1.807) is 96.4 Å². The Hall–Kier alpha value is -5.78. The summed E-state index contributed by atoms with van der Waals surface area (Å²) in [7, 11) is 3.11. The van der Waals surface area contributed by atoms with E-state index in [-0.39, 0.29) is 36.1 Å². The van der Waals surface area contributed by atoms with Gasteiger partial charge in [0.2, 0.25) is 29.4 Å². The van der Waals surface area contributed by atoms with Crippen LogP contribution in [-0.4, -0.2) is 96.5 Å². The summed E-state index contributed by atoms with van der Waals surface area (Å²) in [6.07, 6.45) is 0.558. The van der Waals surface area contributed by atoms with Crippen LogP contribution in [0.5, 0.6) is 0 Å². The average Bonchev–Trinajstić information content (AvgIpc) is 3.43. The van der Waals surface area contributed by atoms with Gasteiger partial charge in [0.15, 0.2) is 0 Å². The number of carbonyl (C=O) groups excluding carboxylic acids is 7. The molecular formula is C40H52N8O7. The molecule has 15 heteroatoms. The number of nitrogens with zero attached hydrogens (tertiary/aromatic N) is 3. The van der Waals surface area contributed by atoms with Crippen molar-refractivity contribution in [2.45, 2.75) is 78.6 Å². The maximum absolute atomic E-state index is 14.3. The van der Waals surface area contributed by atoms with Crippen molar-refractivity contribution in [1.29, 1.82) is 5.26 Å². The van der Waals surface area contributed by atoms with Gasteiger partial charge in [0, 0.05) is 26.3 Å². The molecule has 55 heavy (non-hydrogen) atoms. The topological polar surface area (TPSA) is 210 Å². The third-order valence-corrected chi connectivity index (χ3v) is 10.4. The highest BCUT2D eigenvalue weighted by molar-refractivity contribution is 6.38. The lowest BCUT2D eigenvalue weighted by atomic mass is 9.85. The summed E-state index contributed by atoms with van der Waals surface area (Å²) in [6, 6.07) is 12.0. The highest BCUT2D eigenvalue weighted by Gasteiger charge is 2.70. The fourth-order valence-corrected chi connectivity index (χ4v) is 7.18. The van der Waals surface area contributed by atoms with Gasteiger partial charge in [0.1, 0.15) is 18.1 Å². The van der Waals surface area contributed by atoms with Crippen molar-refractivity contribution in [1.82, 2.24) is 31.1 Å². The molecule has 2 aromatic rings. The van der Waals surface area contributed by atoms with Crippen molar-refractivity contribution in [3.63, 3.8) is 0 Å². The van der Waals surface area contributed by atoms with Crippen LogP contribution in [0.2, 0.25) is 0 Å². The molecule has 1 saturated heterocycles. The molecule has 1 aliphatic heterocycles. The molecule has 2 aliphatic rings. The number of Topliss-reactive ketones (excluding diaryl/α,β-unsaturated/α-hetero) is 1. The Balaban J connectivity index is 1.44. The molecule has 294 valence electrons. The number of nitrogens with one attached hydrogen (secondary N) is 5. The average molecular weight is 757 g/mol. The minimum absolute atomic E-state index is 0.00141. The minimum Gasteiger partial charge on any atom is -0.347 e. The normalized spacial score (nSPS) is 19.6. The lowest BCUT2D eigenvalue weighted by molar-refractivity contribution is -0.145. The zero-order chi connectivity index (χ0) is 40.8. The van der Waals surface area contributed by atoms with Crippen molar-refractivity contribution in [3.8, 4) is 6.07 Å². The Bertz CT molecular complexity index is 1830. The molecule has 15 nitrogen and oxygen atoms in total. The molecule has 1 aliphatic carbocycles. The van der Waals surface area contributed by atoms with Gasteiger partial charge in [-0.05, 0) is 58.9 Å². The Morgan fingerprint density at radius 1 is 0.945 bits per heavy atom. The molecule has 7 amide bonds. The SMILES string of the molecule is CCCC(NC(=O)[C@@H]1[C@@H]2[C@H](CN1C(=O)[C@@H](NC(=O)Nc1ccc(C#N)cc1)C(C)(C)C)C2(C)C)C(=O)C(=O)NCC(=O)N[C@H](C(=O)N(C)C)c1ccccc1. The van der Waals surface area contributed by atoms with Crippen molar-refractivity contribution >= 4 is 47.0 Å². The summed E-state index contributed by atoms with van der Waals surface area (Å²) in [6.45, 7) is 10.9. The number of likely N-dealkylation sites (tertiary alicyclic amines) is 1. The van der Waals surface area contributed by atoms with Crippen LogP contribution in [0.3, 0.4) is 0 Å². The predicted molar refractivity (Wildman–Crippen MR) is 204 cm³/mol. The second-order valence-electron chi connectivity index (χ2n) is 16.0. The summed E-state index contributed by atoms with van der Waals surface area (Å²) in [5.74, 6) is -4.40. The molecule has 2 aromatic carbocycles. The third kappa shape index (κ3) is 9.86. The summed E-state index contributed by atoms with van der Waals surface area (Å²) >= 11 is 0.